The highest BCUT2D eigenvalue weighted by Crippen LogP contribution is 2.18. The molecule has 122 valence electrons. The van der Waals surface area contributed by atoms with Crippen molar-refractivity contribution < 1.29 is 19.5 Å². The summed E-state index contributed by atoms with van der Waals surface area (Å²) in [4.78, 5) is 36.3. The number of carbonyl (C=O) groups excluding carboxylic acids is 2. The van der Waals surface area contributed by atoms with Crippen LogP contribution in [0.25, 0.3) is 6.08 Å². The second-order valence-electron chi connectivity index (χ2n) is 5.42. The maximum atomic E-state index is 12.2. The summed E-state index contributed by atoms with van der Waals surface area (Å²) < 4.78 is 0. The summed E-state index contributed by atoms with van der Waals surface area (Å²) in [6.45, 7) is 0.468. The summed E-state index contributed by atoms with van der Waals surface area (Å²) in [5, 5.41) is 11.7. The smallest absolute Gasteiger partial charge is 0.326 e. The fourth-order valence-corrected chi connectivity index (χ4v) is 2.61. The molecule has 6 nitrogen and oxygen atoms in total. The molecule has 6 heteroatoms. The molecule has 1 aromatic rings. The van der Waals surface area contributed by atoms with Crippen LogP contribution in [0.5, 0.6) is 0 Å². The van der Waals surface area contributed by atoms with E-state index in [-0.39, 0.29) is 11.8 Å². The van der Waals surface area contributed by atoms with E-state index in [0.717, 1.165) is 18.4 Å². The first-order valence-electron chi connectivity index (χ1n) is 7.56. The number of carboxylic acids is 1. The van der Waals surface area contributed by atoms with Crippen LogP contribution < -0.4 is 5.32 Å². The third-order valence-corrected chi connectivity index (χ3v) is 3.89. The number of likely N-dealkylation sites (tertiary alicyclic amines) is 1. The van der Waals surface area contributed by atoms with E-state index >= 15 is 0 Å². The van der Waals surface area contributed by atoms with Gasteiger partial charge < -0.3 is 15.3 Å². The Morgan fingerprint density at radius 2 is 1.91 bits per heavy atom. The van der Waals surface area contributed by atoms with E-state index in [4.69, 9.17) is 0 Å². The number of hydrogen-bond acceptors (Lipinski definition) is 3. The Kier molecular flexibility index (Phi) is 5.51. The van der Waals surface area contributed by atoms with E-state index in [1.807, 2.05) is 0 Å². The van der Waals surface area contributed by atoms with Crippen LogP contribution in [-0.4, -0.2) is 47.4 Å². The topological polar surface area (TPSA) is 86.7 Å². The van der Waals surface area contributed by atoms with Gasteiger partial charge in [0.1, 0.15) is 6.04 Å². The van der Waals surface area contributed by atoms with Crippen molar-refractivity contribution in [1.29, 1.82) is 0 Å². The van der Waals surface area contributed by atoms with Crippen molar-refractivity contribution in [2.75, 3.05) is 13.6 Å². The predicted molar refractivity (Wildman–Crippen MR) is 85.9 cm³/mol. The molecular formula is C17H20N2O4. The molecule has 1 aliphatic rings. The molecule has 1 atom stereocenters. The number of benzene rings is 1. The molecular weight excluding hydrogens is 296 g/mol. The first-order valence-corrected chi connectivity index (χ1v) is 7.56. The van der Waals surface area contributed by atoms with Crippen LogP contribution in [0.15, 0.2) is 30.3 Å². The van der Waals surface area contributed by atoms with E-state index in [1.165, 1.54) is 11.0 Å². The van der Waals surface area contributed by atoms with Crippen molar-refractivity contribution in [2.45, 2.75) is 25.3 Å². The number of amides is 2. The number of rotatable bonds is 4. The minimum absolute atomic E-state index is 0.172. The molecule has 0 radical (unpaired) electrons. The van der Waals surface area contributed by atoms with Crippen molar-refractivity contribution in [3.63, 3.8) is 0 Å². The zero-order valence-electron chi connectivity index (χ0n) is 13.0. The maximum absolute atomic E-state index is 12.2. The summed E-state index contributed by atoms with van der Waals surface area (Å²) in [5.74, 6) is -1.43. The molecule has 2 amide bonds. The minimum atomic E-state index is -0.957. The monoisotopic (exact) mass is 316 g/mol. The Balaban J connectivity index is 2.05. The third kappa shape index (κ3) is 4.18. The normalized spacial score (nSPS) is 18.0. The highest BCUT2D eigenvalue weighted by Gasteiger charge is 2.30. The standard InChI is InChI=1S/C17H20N2O4/c1-18-16(21)13-8-5-12(6-9-13)7-10-15(20)19-11-3-2-4-14(19)17(22)23/h5-10,14H,2-4,11H2,1H3,(H,18,21)(H,22,23)/b10-7+. The fraction of sp³-hybridized carbons (Fsp3) is 0.353. The summed E-state index contributed by atoms with van der Waals surface area (Å²) in [6.07, 6.45) is 5.16. The zero-order valence-corrected chi connectivity index (χ0v) is 13.0. The first-order chi connectivity index (χ1) is 11.0. The molecule has 0 saturated carbocycles. The molecule has 1 saturated heterocycles. The number of nitrogens with zero attached hydrogens (tertiary/aromatic N) is 1. The molecule has 0 bridgehead atoms. The average molecular weight is 316 g/mol. The van der Waals surface area contributed by atoms with Crippen molar-refractivity contribution in [3.8, 4) is 0 Å². The average Bonchev–Trinajstić information content (AvgIpc) is 2.59. The summed E-state index contributed by atoms with van der Waals surface area (Å²) in [7, 11) is 1.56. The molecule has 2 rings (SSSR count). The molecule has 0 aromatic heterocycles. The fourth-order valence-electron chi connectivity index (χ4n) is 2.61. The van der Waals surface area contributed by atoms with Gasteiger partial charge in [-0.05, 0) is 43.0 Å². The van der Waals surface area contributed by atoms with Gasteiger partial charge in [-0.2, -0.15) is 0 Å². The van der Waals surface area contributed by atoms with Gasteiger partial charge in [-0.1, -0.05) is 12.1 Å². The lowest BCUT2D eigenvalue weighted by molar-refractivity contribution is -0.150. The largest absolute Gasteiger partial charge is 0.480 e. The lowest BCUT2D eigenvalue weighted by Crippen LogP contribution is -2.47. The molecule has 2 N–H and O–H groups in total. The van der Waals surface area contributed by atoms with Crippen LogP contribution in [0.3, 0.4) is 0 Å². The minimum Gasteiger partial charge on any atom is -0.480 e. The van der Waals surface area contributed by atoms with Crippen molar-refractivity contribution >= 4 is 23.9 Å². The van der Waals surface area contributed by atoms with Crippen molar-refractivity contribution in [3.05, 3.63) is 41.5 Å². The van der Waals surface area contributed by atoms with Gasteiger partial charge >= 0.3 is 5.97 Å². The molecule has 1 heterocycles. The molecule has 1 fully saturated rings. The number of carboxylic acid groups (broad SMARTS) is 1. The van der Waals surface area contributed by atoms with Crippen molar-refractivity contribution in [2.24, 2.45) is 0 Å². The van der Waals surface area contributed by atoms with E-state index in [9.17, 15) is 19.5 Å². The molecule has 23 heavy (non-hydrogen) atoms. The van der Waals surface area contributed by atoms with Gasteiger partial charge in [-0.15, -0.1) is 0 Å². The van der Waals surface area contributed by atoms with Gasteiger partial charge in [0.15, 0.2) is 0 Å². The Morgan fingerprint density at radius 1 is 1.22 bits per heavy atom. The van der Waals surface area contributed by atoms with Gasteiger partial charge in [0, 0.05) is 25.2 Å². The summed E-state index contributed by atoms with van der Waals surface area (Å²) >= 11 is 0. The second kappa shape index (κ2) is 7.58. The van der Waals surface area contributed by atoms with Crippen LogP contribution in [0.1, 0.15) is 35.2 Å². The Morgan fingerprint density at radius 3 is 2.52 bits per heavy atom. The second-order valence-corrected chi connectivity index (χ2v) is 5.42. The van der Waals surface area contributed by atoms with Crippen LogP contribution in [0, 0.1) is 0 Å². The summed E-state index contributed by atoms with van der Waals surface area (Å²) in [5.41, 5.74) is 1.31. The van der Waals surface area contributed by atoms with Gasteiger partial charge in [-0.25, -0.2) is 4.79 Å². The number of aliphatic carboxylic acids is 1. The molecule has 1 aliphatic heterocycles. The van der Waals surface area contributed by atoms with Crippen LogP contribution in [-0.2, 0) is 9.59 Å². The van der Waals surface area contributed by atoms with E-state index in [2.05, 4.69) is 5.32 Å². The SMILES string of the molecule is CNC(=O)c1ccc(/C=C/C(=O)N2CCCCC2C(=O)O)cc1. The highest BCUT2D eigenvalue weighted by molar-refractivity contribution is 5.95. The molecule has 0 aliphatic carbocycles. The number of piperidine rings is 1. The highest BCUT2D eigenvalue weighted by atomic mass is 16.4. The van der Waals surface area contributed by atoms with Gasteiger partial charge in [-0.3, -0.25) is 9.59 Å². The van der Waals surface area contributed by atoms with Crippen LogP contribution in [0.4, 0.5) is 0 Å². The zero-order chi connectivity index (χ0) is 16.8. The lowest BCUT2D eigenvalue weighted by Gasteiger charge is -2.32. The van der Waals surface area contributed by atoms with E-state index < -0.39 is 12.0 Å². The Labute approximate surface area is 134 Å². The van der Waals surface area contributed by atoms with Crippen LogP contribution in [0.2, 0.25) is 0 Å². The van der Waals surface area contributed by atoms with E-state index in [0.29, 0.717) is 18.5 Å². The third-order valence-electron chi connectivity index (χ3n) is 3.89. The summed E-state index contributed by atoms with van der Waals surface area (Å²) in [6, 6.07) is 6.07. The van der Waals surface area contributed by atoms with Gasteiger partial charge in [0.25, 0.3) is 5.91 Å². The quantitative estimate of drug-likeness (QED) is 0.825. The molecule has 1 unspecified atom stereocenters. The molecule has 1 aromatic carbocycles. The number of nitrogens with one attached hydrogen (secondary N) is 1. The van der Waals surface area contributed by atoms with Gasteiger partial charge in [0.05, 0.1) is 0 Å². The van der Waals surface area contributed by atoms with Crippen LogP contribution >= 0.6 is 0 Å². The maximum Gasteiger partial charge on any atom is 0.326 e. The van der Waals surface area contributed by atoms with Gasteiger partial charge in [0.2, 0.25) is 5.91 Å². The Hall–Kier alpha value is -2.63. The predicted octanol–water partition coefficient (Wildman–Crippen LogP) is 1.53. The number of hydrogen-bond donors (Lipinski definition) is 2. The molecule has 0 spiro atoms. The number of carbonyl (C=O) groups is 3. The Bertz CT molecular complexity index is 622. The van der Waals surface area contributed by atoms with Crippen molar-refractivity contribution in [1.82, 2.24) is 10.2 Å². The lowest BCUT2D eigenvalue weighted by atomic mass is 10.0. The van der Waals surface area contributed by atoms with E-state index in [1.54, 1.807) is 37.4 Å². The first kappa shape index (κ1) is 16.7.